The van der Waals surface area contributed by atoms with E-state index in [-0.39, 0.29) is 18.1 Å². The van der Waals surface area contributed by atoms with Crippen LogP contribution >= 0.6 is 22.7 Å². The van der Waals surface area contributed by atoms with Crippen LogP contribution < -0.4 is 14.9 Å². The summed E-state index contributed by atoms with van der Waals surface area (Å²) in [5.41, 5.74) is 4.94. The maximum atomic E-state index is 13.8. The molecule has 4 heterocycles. The number of aromatic nitrogens is 2. The van der Waals surface area contributed by atoms with Gasteiger partial charge >= 0.3 is 11.9 Å². The summed E-state index contributed by atoms with van der Waals surface area (Å²) in [4.78, 5) is 44.9. The Kier molecular flexibility index (Phi) is 7.73. The monoisotopic (exact) mass is 575 g/mol. The Morgan fingerprint density at radius 2 is 1.73 bits per heavy atom. The molecule has 0 saturated carbocycles. The van der Waals surface area contributed by atoms with Crippen LogP contribution in [0.4, 0.5) is 0 Å². The largest absolute Gasteiger partial charge is 0.463 e. The molecule has 0 aliphatic carbocycles. The molecular formula is C30H29N3O5S2. The number of allylic oxidation sites excluding steroid dienone is 1. The van der Waals surface area contributed by atoms with E-state index in [0.29, 0.717) is 32.8 Å². The van der Waals surface area contributed by atoms with Gasteiger partial charge in [0.1, 0.15) is 6.04 Å². The van der Waals surface area contributed by atoms with Crippen LogP contribution in [-0.4, -0.2) is 34.3 Å². The second-order valence-corrected chi connectivity index (χ2v) is 11.2. The van der Waals surface area contributed by atoms with Gasteiger partial charge in [0.2, 0.25) is 0 Å². The molecule has 0 unspecified atom stereocenters. The van der Waals surface area contributed by atoms with Crippen LogP contribution in [0.15, 0.2) is 68.9 Å². The molecule has 0 radical (unpaired) electrons. The van der Waals surface area contributed by atoms with Gasteiger partial charge < -0.3 is 14.0 Å². The summed E-state index contributed by atoms with van der Waals surface area (Å²) >= 11 is 2.79. The van der Waals surface area contributed by atoms with Crippen molar-refractivity contribution in [2.75, 3.05) is 13.2 Å². The number of benzene rings is 1. The maximum Gasteiger partial charge on any atom is 0.338 e. The highest BCUT2D eigenvalue weighted by atomic mass is 32.1. The van der Waals surface area contributed by atoms with E-state index in [4.69, 9.17) is 9.47 Å². The summed E-state index contributed by atoms with van der Waals surface area (Å²) in [6, 6.07) is 12.5. The van der Waals surface area contributed by atoms with E-state index < -0.39 is 12.0 Å². The first-order valence-electron chi connectivity index (χ1n) is 12.9. The standard InChI is InChI=1S/C30H29N3O5S2/c1-6-37-28(35)20-10-12-22(13-11-20)32-17(3)15-21(19(32)5)16-24-27(34)33-26(23-9-8-14-39-23)25(29(36)38-7-2)18(4)31-30(33)40-24/h8-16,26H,6-7H2,1-5H3/b24-16-/t26-/m0/s1. The Morgan fingerprint density at radius 3 is 2.38 bits per heavy atom. The smallest absolute Gasteiger partial charge is 0.338 e. The van der Waals surface area contributed by atoms with Crippen molar-refractivity contribution in [3.05, 3.63) is 106 Å². The van der Waals surface area contributed by atoms with Crippen LogP contribution in [0.25, 0.3) is 11.8 Å². The van der Waals surface area contributed by atoms with Crippen molar-refractivity contribution in [1.29, 1.82) is 0 Å². The zero-order valence-electron chi connectivity index (χ0n) is 22.9. The number of esters is 2. The van der Waals surface area contributed by atoms with Crippen molar-refractivity contribution in [2.24, 2.45) is 4.99 Å². The molecule has 0 saturated heterocycles. The van der Waals surface area contributed by atoms with E-state index in [0.717, 1.165) is 27.5 Å². The second-order valence-electron chi connectivity index (χ2n) is 9.25. The maximum absolute atomic E-state index is 13.8. The van der Waals surface area contributed by atoms with Gasteiger partial charge in [0.05, 0.1) is 34.6 Å². The summed E-state index contributed by atoms with van der Waals surface area (Å²) in [6.45, 7) is 9.87. The normalized spacial score (nSPS) is 15.1. The Hall–Kier alpha value is -4.02. The van der Waals surface area contributed by atoms with Gasteiger partial charge in [0.15, 0.2) is 4.80 Å². The number of hydrogen-bond acceptors (Lipinski definition) is 8. The minimum Gasteiger partial charge on any atom is -0.463 e. The highest BCUT2D eigenvalue weighted by molar-refractivity contribution is 7.10. The number of thiazole rings is 1. The fourth-order valence-corrected chi connectivity index (χ4v) is 6.80. The molecule has 8 nitrogen and oxygen atoms in total. The van der Waals surface area contributed by atoms with Crippen molar-refractivity contribution in [3.8, 4) is 5.69 Å². The molecule has 3 aromatic heterocycles. The lowest BCUT2D eigenvalue weighted by Gasteiger charge is -2.23. The van der Waals surface area contributed by atoms with Crippen LogP contribution in [-0.2, 0) is 14.3 Å². The molecule has 0 fully saturated rings. The Balaban J connectivity index is 1.59. The number of rotatable bonds is 7. The van der Waals surface area contributed by atoms with Crippen molar-refractivity contribution in [3.63, 3.8) is 0 Å². The van der Waals surface area contributed by atoms with Crippen LogP contribution in [0.2, 0.25) is 0 Å². The van der Waals surface area contributed by atoms with Gasteiger partial charge in [-0.15, -0.1) is 11.3 Å². The molecule has 1 aliphatic heterocycles. The molecule has 0 amide bonds. The van der Waals surface area contributed by atoms with Crippen molar-refractivity contribution in [1.82, 2.24) is 9.13 Å². The highest BCUT2D eigenvalue weighted by Gasteiger charge is 2.34. The number of fused-ring (bicyclic) bond motifs is 1. The molecule has 1 atom stereocenters. The third kappa shape index (κ3) is 4.89. The Bertz CT molecular complexity index is 1810. The summed E-state index contributed by atoms with van der Waals surface area (Å²) in [5.74, 6) is -0.817. The number of carbonyl (C=O) groups is 2. The predicted molar refractivity (Wildman–Crippen MR) is 156 cm³/mol. The zero-order valence-corrected chi connectivity index (χ0v) is 24.5. The van der Waals surface area contributed by atoms with Crippen molar-refractivity contribution < 1.29 is 19.1 Å². The van der Waals surface area contributed by atoms with Crippen LogP contribution in [0.3, 0.4) is 0 Å². The van der Waals surface area contributed by atoms with Gasteiger partial charge in [-0.1, -0.05) is 17.4 Å². The first-order chi connectivity index (χ1) is 19.2. The molecule has 40 heavy (non-hydrogen) atoms. The number of aryl methyl sites for hydroxylation is 1. The number of hydrogen-bond donors (Lipinski definition) is 0. The van der Waals surface area contributed by atoms with E-state index in [1.165, 1.54) is 22.7 Å². The second kappa shape index (κ2) is 11.2. The number of thiophene rings is 1. The van der Waals surface area contributed by atoms with E-state index in [1.807, 2.05) is 55.6 Å². The molecule has 206 valence electrons. The first kappa shape index (κ1) is 27.5. The summed E-state index contributed by atoms with van der Waals surface area (Å²) in [6.07, 6.45) is 1.88. The third-order valence-corrected chi connectivity index (χ3v) is 8.63. The van der Waals surface area contributed by atoms with E-state index in [1.54, 1.807) is 37.5 Å². The number of nitrogens with zero attached hydrogens (tertiary/aromatic N) is 3. The lowest BCUT2D eigenvalue weighted by molar-refractivity contribution is -0.139. The van der Waals surface area contributed by atoms with Crippen LogP contribution in [0, 0.1) is 13.8 Å². The highest BCUT2D eigenvalue weighted by Crippen LogP contribution is 2.33. The first-order valence-corrected chi connectivity index (χ1v) is 14.6. The quantitative estimate of drug-likeness (QED) is 0.304. The predicted octanol–water partition coefficient (Wildman–Crippen LogP) is 4.44. The molecule has 10 heteroatoms. The van der Waals surface area contributed by atoms with Crippen molar-refractivity contribution in [2.45, 2.75) is 40.7 Å². The van der Waals surface area contributed by atoms with Crippen LogP contribution in [0.5, 0.6) is 0 Å². The fourth-order valence-electron chi connectivity index (χ4n) is 4.94. The molecule has 0 N–H and O–H groups in total. The SMILES string of the molecule is CCOC(=O)C1=C(C)N=c2s/c(=C\c3cc(C)n(-c4ccc(C(=O)OCC)cc4)c3C)c(=O)n2[C@H]1c1cccs1. The van der Waals surface area contributed by atoms with E-state index in [2.05, 4.69) is 9.56 Å². The lowest BCUT2D eigenvalue weighted by atomic mass is 10.0. The van der Waals surface area contributed by atoms with Gasteiger partial charge in [0, 0.05) is 22.0 Å². The van der Waals surface area contributed by atoms with E-state index in [9.17, 15) is 14.4 Å². The average Bonchev–Trinajstić information content (AvgIpc) is 3.63. The Labute approximate surface area is 239 Å². The average molecular weight is 576 g/mol. The summed E-state index contributed by atoms with van der Waals surface area (Å²) in [5, 5.41) is 1.93. The van der Waals surface area contributed by atoms with Gasteiger partial charge in [-0.2, -0.15) is 0 Å². The minimum absolute atomic E-state index is 0.208. The van der Waals surface area contributed by atoms with Gasteiger partial charge in [-0.25, -0.2) is 14.6 Å². The molecular weight excluding hydrogens is 546 g/mol. The van der Waals surface area contributed by atoms with Crippen LogP contribution in [0.1, 0.15) is 59.0 Å². The lowest BCUT2D eigenvalue weighted by Crippen LogP contribution is -2.39. The number of carbonyl (C=O) groups excluding carboxylic acids is 2. The zero-order chi connectivity index (χ0) is 28.6. The molecule has 1 aliphatic rings. The topological polar surface area (TPSA) is 91.9 Å². The summed E-state index contributed by atoms with van der Waals surface area (Å²) in [7, 11) is 0. The van der Waals surface area contributed by atoms with Gasteiger partial charge in [-0.3, -0.25) is 9.36 Å². The summed E-state index contributed by atoms with van der Waals surface area (Å²) < 4.78 is 14.6. The van der Waals surface area contributed by atoms with Gasteiger partial charge in [0.25, 0.3) is 5.56 Å². The molecule has 0 spiro atoms. The molecule has 0 bridgehead atoms. The molecule has 4 aromatic rings. The minimum atomic E-state index is -0.595. The number of ether oxygens (including phenoxy) is 2. The third-order valence-electron chi connectivity index (χ3n) is 6.72. The molecule has 1 aromatic carbocycles. The fraction of sp³-hybridized carbons (Fsp3) is 0.267. The molecule has 5 rings (SSSR count). The van der Waals surface area contributed by atoms with E-state index >= 15 is 0 Å². The van der Waals surface area contributed by atoms with Crippen molar-refractivity contribution >= 4 is 40.7 Å². The van der Waals surface area contributed by atoms with Gasteiger partial charge in [-0.05, 0) is 88.0 Å². The Morgan fingerprint density at radius 1 is 1.02 bits per heavy atom.